The van der Waals surface area contributed by atoms with Crippen LogP contribution in [0.1, 0.15) is 37.8 Å². The van der Waals surface area contributed by atoms with Gasteiger partial charge in [-0.1, -0.05) is 32.9 Å². The highest BCUT2D eigenvalue weighted by Gasteiger charge is 2.26. The molecule has 0 unspecified atom stereocenters. The summed E-state index contributed by atoms with van der Waals surface area (Å²) in [6.45, 7) is 12.8. The number of hydrogen-bond acceptors (Lipinski definition) is 7. The van der Waals surface area contributed by atoms with Crippen LogP contribution in [0.3, 0.4) is 0 Å². The van der Waals surface area contributed by atoms with Crippen LogP contribution in [0, 0.1) is 6.92 Å². The number of benzene rings is 1. The lowest BCUT2D eigenvalue weighted by molar-refractivity contribution is 0.0929. The van der Waals surface area contributed by atoms with E-state index in [1.54, 1.807) is 11.6 Å². The quantitative estimate of drug-likeness (QED) is 0.498. The van der Waals surface area contributed by atoms with Gasteiger partial charge in [-0.25, -0.2) is 4.79 Å². The Labute approximate surface area is 204 Å². The van der Waals surface area contributed by atoms with Gasteiger partial charge < -0.3 is 24.2 Å². The van der Waals surface area contributed by atoms with Crippen LogP contribution in [0.4, 0.5) is 5.95 Å². The van der Waals surface area contributed by atoms with Crippen LogP contribution in [0.2, 0.25) is 0 Å². The molecule has 35 heavy (non-hydrogen) atoms. The summed E-state index contributed by atoms with van der Waals surface area (Å²) >= 11 is 0. The van der Waals surface area contributed by atoms with E-state index in [1.165, 1.54) is 4.57 Å². The Morgan fingerprint density at radius 3 is 2.54 bits per heavy atom. The highest BCUT2D eigenvalue weighted by molar-refractivity contribution is 5.74. The summed E-state index contributed by atoms with van der Waals surface area (Å²) in [6.07, 6.45) is -0.889. The van der Waals surface area contributed by atoms with Gasteiger partial charge in [0.25, 0.3) is 5.56 Å². The first-order chi connectivity index (χ1) is 16.7. The third-order valence-corrected chi connectivity index (χ3v) is 6.70. The smallest absolute Gasteiger partial charge is 0.329 e. The maximum atomic E-state index is 12.8. The van der Waals surface area contributed by atoms with Gasteiger partial charge in [-0.15, -0.1) is 0 Å². The molecule has 4 rings (SSSR count). The molecule has 0 spiro atoms. The van der Waals surface area contributed by atoms with E-state index in [0.717, 1.165) is 49.6 Å². The van der Waals surface area contributed by atoms with Crippen molar-refractivity contribution in [1.29, 1.82) is 0 Å². The fourth-order valence-corrected chi connectivity index (χ4v) is 4.59. The molecule has 0 saturated carbocycles. The van der Waals surface area contributed by atoms with Gasteiger partial charge in [0.05, 0.1) is 6.54 Å². The SMILES string of the molecule is CCN1CCN(c2nc3c(c(=O)[nH]c(=O)n3C)n2C[C@H](O)COc2cc(C)ccc2C(C)C)CC1. The van der Waals surface area contributed by atoms with E-state index in [0.29, 0.717) is 11.6 Å². The molecular weight excluding hydrogens is 448 g/mol. The molecule has 1 aromatic carbocycles. The number of fused-ring (bicyclic) bond motifs is 1. The highest BCUT2D eigenvalue weighted by Crippen LogP contribution is 2.28. The number of hydrogen-bond donors (Lipinski definition) is 2. The number of H-pyrrole nitrogens is 1. The molecule has 1 fully saturated rings. The van der Waals surface area contributed by atoms with Crippen LogP contribution in [0.25, 0.3) is 11.2 Å². The number of aliphatic hydroxyl groups excluding tert-OH is 1. The van der Waals surface area contributed by atoms with Crippen LogP contribution < -0.4 is 20.9 Å². The molecule has 10 heteroatoms. The van der Waals surface area contributed by atoms with Crippen molar-refractivity contribution < 1.29 is 9.84 Å². The summed E-state index contributed by atoms with van der Waals surface area (Å²) < 4.78 is 9.11. The molecule has 0 aliphatic carbocycles. The first-order valence-electron chi connectivity index (χ1n) is 12.3. The van der Waals surface area contributed by atoms with Crippen molar-refractivity contribution in [3.63, 3.8) is 0 Å². The number of aliphatic hydroxyl groups is 1. The molecule has 3 heterocycles. The Kier molecular flexibility index (Phi) is 7.32. The summed E-state index contributed by atoms with van der Waals surface area (Å²) in [5.41, 5.74) is 1.72. The Bertz CT molecular complexity index is 1300. The predicted molar refractivity (Wildman–Crippen MR) is 137 cm³/mol. The van der Waals surface area contributed by atoms with E-state index in [4.69, 9.17) is 9.72 Å². The fraction of sp³-hybridized carbons (Fsp3) is 0.560. The van der Waals surface area contributed by atoms with E-state index < -0.39 is 17.4 Å². The average Bonchev–Trinajstić information content (AvgIpc) is 3.21. The summed E-state index contributed by atoms with van der Waals surface area (Å²) in [6, 6.07) is 6.09. The van der Waals surface area contributed by atoms with Crippen LogP contribution in [0.15, 0.2) is 27.8 Å². The highest BCUT2D eigenvalue weighted by atomic mass is 16.5. The standard InChI is InChI=1S/C25H36N6O4/c1-6-29-9-11-30(12-10-29)24-26-22-21(23(33)27-25(34)28(22)5)31(24)14-18(32)15-35-20-13-17(4)7-8-19(20)16(2)3/h7-8,13,16,18,32H,6,9-12,14-15H2,1-5H3,(H,27,33,34)/t18-/m0/s1. The molecule has 0 amide bonds. The van der Waals surface area contributed by atoms with Crippen molar-refractivity contribution in [2.75, 3.05) is 44.2 Å². The number of rotatable bonds is 8. The van der Waals surface area contributed by atoms with Gasteiger partial charge in [0.2, 0.25) is 5.95 Å². The number of aryl methyl sites for hydroxylation is 2. The lowest BCUT2D eigenvalue weighted by atomic mass is 10.0. The lowest BCUT2D eigenvalue weighted by Crippen LogP contribution is -2.47. The number of anilines is 1. The largest absolute Gasteiger partial charge is 0.491 e. The maximum Gasteiger partial charge on any atom is 0.329 e. The molecule has 0 bridgehead atoms. The minimum absolute atomic E-state index is 0.0650. The molecule has 2 N–H and O–H groups in total. The van der Waals surface area contributed by atoms with Gasteiger partial charge in [-0.2, -0.15) is 4.98 Å². The fourth-order valence-electron chi connectivity index (χ4n) is 4.59. The Hall–Kier alpha value is -3.11. The summed E-state index contributed by atoms with van der Waals surface area (Å²) in [5.74, 6) is 1.62. The normalized spacial score (nSPS) is 15.8. The number of nitrogens with one attached hydrogen (secondary N) is 1. The molecule has 1 aliphatic heterocycles. The van der Waals surface area contributed by atoms with Gasteiger partial charge in [0, 0.05) is 33.2 Å². The summed E-state index contributed by atoms with van der Waals surface area (Å²) in [5, 5.41) is 11.0. The summed E-state index contributed by atoms with van der Waals surface area (Å²) in [4.78, 5) is 36.5. The zero-order valence-electron chi connectivity index (χ0n) is 21.2. The van der Waals surface area contributed by atoms with Crippen molar-refractivity contribution in [2.45, 2.75) is 46.3 Å². The minimum atomic E-state index is -0.889. The van der Waals surface area contributed by atoms with E-state index >= 15 is 0 Å². The predicted octanol–water partition coefficient (Wildman–Crippen LogP) is 1.44. The molecule has 10 nitrogen and oxygen atoms in total. The lowest BCUT2D eigenvalue weighted by Gasteiger charge is -2.35. The molecular formula is C25H36N6O4. The molecule has 3 aromatic rings. The van der Waals surface area contributed by atoms with E-state index in [2.05, 4.69) is 47.7 Å². The summed E-state index contributed by atoms with van der Waals surface area (Å²) in [7, 11) is 1.58. The minimum Gasteiger partial charge on any atom is -0.491 e. The number of ether oxygens (including phenoxy) is 1. The van der Waals surface area contributed by atoms with Gasteiger partial charge in [-0.3, -0.25) is 14.3 Å². The number of piperazine rings is 1. The molecule has 1 aliphatic rings. The van der Waals surface area contributed by atoms with Crippen molar-refractivity contribution in [3.05, 3.63) is 50.2 Å². The van der Waals surface area contributed by atoms with Crippen molar-refractivity contribution >= 4 is 17.1 Å². The topological polar surface area (TPSA) is 109 Å². The first kappa shape index (κ1) is 25.0. The van der Waals surface area contributed by atoms with Gasteiger partial charge >= 0.3 is 5.69 Å². The monoisotopic (exact) mass is 484 g/mol. The van der Waals surface area contributed by atoms with E-state index in [-0.39, 0.29) is 24.6 Å². The van der Waals surface area contributed by atoms with Gasteiger partial charge in [0.1, 0.15) is 18.5 Å². The Morgan fingerprint density at radius 1 is 1.17 bits per heavy atom. The number of nitrogens with zero attached hydrogens (tertiary/aromatic N) is 5. The molecule has 2 aromatic heterocycles. The molecule has 190 valence electrons. The second-order valence-corrected chi connectivity index (χ2v) is 9.60. The van der Waals surface area contributed by atoms with Gasteiger partial charge in [0.15, 0.2) is 11.2 Å². The van der Waals surface area contributed by atoms with Crippen molar-refractivity contribution in [1.82, 2.24) is 24.0 Å². The maximum absolute atomic E-state index is 12.8. The van der Waals surface area contributed by atoms with Crippen molar-refractivity contribution in [2.24, 2.45) is 7.05 Å². The van der Waals surface area contributed by atoms with Crippen LogP contribution in [0.5, 0.6) is 5.75 Å². The van der Waals surface area contributed by atoms with Crippen molar-refractivity contribution in [3.8, 4) is 5.75 Å². The van der Waals surface area contributed by atoms with E-state index in [1.807, 2.05) is 13.0 Å². The van der Waals surface area contributed by atoms with Gasteiger partial charge in [-0.05, 0) is 36.6 Å². The number of aromatic nitrogens is 4. The number of aromatic amines is 1. The molecule has 1 atom stereocenters. The Balaban J connectivity index is 1.64. The molecule has 1 saturated heterocycles. The van der Waals surface area contributed by atoms with Crippen LogP contribution in [-0.2, 0) is 13.6 Å². The second-order valence-electron chi connectivity index (χ2n) is 9.60. The zero-order valence-corrected chi connectivity index (χ0v) is 21.2. The zero-order chi connectivity index (χ0) is 25.3. The van der Waals surface area contributed by atoms with E-state index in [9.17, 15) is 14.7 Å². The first-order valence-corrected chi connectivity index (χ1v) is 12.3. The van der Waals surface area contributed by atoms with Crippen LogP contribution >= 0.6 is 0 Å². The number of imidazole rings is 1. The molecule has 0 radical (unpaired) electrons. The average molecular weight is 485 g/mol. The van der Waals surface area contributed by atoms with Crippen LogP contribution in [-0.4, -0.2) is 74.5 Å². The third-order valence-electron chi connectivity index (χ3n) is 6.70. The third kappa shape index (κ3) is 5.13. The number of likely N-dealkylation sites (N-methyl/N-ethyl adjacent to an activating group) is 1. The second kappa shape index (κ2) is 10.2. The Morgan fingerprint density at radius 2 is 1.89 bits per heavy atom.